The molecule has 0 bridgehead atoms. The molecule has 1 aliphatic carbocycles. The Kier molecular flexibility index (Phi) is 4.79. The molecular weight excluding hydrogens is 385 g/mol. The molecule has 5 rings (SSSR count). The van der Waals surface area contributed by atoms with Gasteiger partial charge in [-0.05, 0) is 16.7 Å². The molecule has 0 N–H and O–H groups in total. The summed E-state index contributed by atoms with van der Waals surface area (Å²) in [7, 11) is 0. The Morgan fingerprint density at radius 3 is 2.03 bits per heavy atom. The van der Waals surface area contributed by atoms with Crippen molar-refractivity contribution in [3.05, 3.63) is 119 Å². The van der Waals surface area contributed by atoms with Crippen molar-refractivity contribution < 1.29 is 3.79 Å². The van der Waals surface area contributed by atoms with Gasteiger partial charge in [0.2, 0.25) is 0 Å². The van der Waals surface area contributed by atoms with E-state index in [0.717, 1.165) is 40.4 Å². The first-order chi connectivity index (χ1) is 14.8. The summed E-state index contributed by atoms with van der Waals surface area (Å²) in [6.45, 7) is 2.06. The first-order valence-electron chi connectivity index (χ1n) is 10.0. The number of nitrogens with zero attached hydrogens (tertiary/aromatic N) is 3. The molecule has 4 nitrogen and oxygen atoms in total. The van der Waals surface area contributed by atoms with Gasteiger partial charge in [-0.2, -0.15) is 5.10 Å². The summed E-state index contributed by atoms with van der Waals surface area (Å²) in [6, 6.07) is 29.5. The van der Waals surface area contributed by atoms with Crippen molar-refractivity contribution in [3.63, 3.8) is 0 Å². The minimum absolute atomic E-state index is 0.580. The summed E-state index contributed by atoms with van der Waals surface area (Å²) in [5, 5.41) is 4.80. The third kappa shape index (κ3) is 2.67. The van der Waals surface area contributed by atoms with Gasteiger partial charge in [0.25, 0.3) is 0 Å². The van der Waals surface area contributed by atoms with Gasteiger partial charge in [0.05, 0.1) is 5.41 Å². The van der Waals surface area contributed by atoms with Crippen LogP contribution in [0.25, 0.3) is 11.5 Å². The van der Waals surface area contributed by atoms with Crippen LogP contribution in [0.2, 0.25) is 0 Å². The fourth-order valence-corrected chi connectivity index (χ4v) is 4.76. The molecule has 3 aromatic carbocycles. The van der Waals surface area contributed by atoms with E-state index in [4.69, 9.17) is 8.89 Å². The highest BCUT2D eigenvalue weighted by Crippen LogP contribution is 2.56. The predicted octanol–water partition coefficient (Wildman–Crippen LogP) is 4.61. The maximum Gasteiger partial charge on any atom is 0.482 e. The van der Waals surface area contributed by atoms with Crippen LogP contribution in [0, 0.1) is 0 Å². The quantitative estimate of drug-likeness (QED) is 0.455. The first kappa shape index (κ1) is 18.9. The van der Waals surface area contributed by atoms with Crippen molar-refractivity contribution in [1.29, 1.82) is 0 Å². The lowest BCUT2D eigenvalue weighted by Gasteiger charge is -2.34. The maximum absolute atomic E-state index is 5.95. The molecule has 0 spiro atoms. The van der Waals surface area contributed by atoms with E-state index in [9.17, 15) is 0 Å². The molecule has 2 radical (unpaired) electrons. The summed E-state index contributed by atoms with van der Waals surface area (Å²) in [5.41, 5.74) is 4.91. The monoisotopic (exact) mass is 405 g/mol. The largest absolute Gasteiger partial charge is 0.652 e. The molecule has 0 fully saturated rings. The number of hydrogen-bond acceptors (Lipinski definition) is 3. The van der Waals surface area contributed by atoms with Crippen LogP contribution >= 0.6 is 0 Å². The molecule has 4 aromatic rings. The minimum Gasteiger partial charge on any atom is -0.652 e. The van der Waals surface area contributed by atoms with E-state index in [1.807, 2.05) is 22.9 Å². The number of hydrogen-bond donors (Lipinski definition) is 0. The van der Waals surface area contributed by atoms with Gasteiger partial charge in [0.1, 0.15) is 17.8 Å². The molecule has 1 heterocycles. The Balaban J connectivity index is 1.95. The van der Waals surface area contributed by atoms with Gasteiger partial charge in [0, 0.05) is 12.0 Å². The van der Waals surface area contributed by atoms with Crippen molar-refractivity contribution in [3.8, 4) is 0 Å². The molecule has 0 atom stereocenters. The lowest BCUT2D eigenvalue weighted by molar-refractivity contribution is 0.568. The lowest BCUT2D eigenvalue weighted by Crippen LogP contribution is -2.32. The van der Waals surface area contributed by atoms with Crippen LogP contribution in [0.1, 0.15) is 35.0 Å². The molecule has 0 aliphatic heterocycles. The Morgan fingerprint density at radius 2 is 1.47 bits per heavy atom. The Morgan fingerprint density at radius 1 is 0.867 bits per heavy atom. The zero-order valence-corrected chi connectivity index (χ0v) is 17.8. The van der Waals surface area contributed by atoms with Crippen LogP contribution < -0.4 is 0 Å². The number of benzene rings is 3. The standard InChI is InChI=1S/C25H21N3O.Al/c1-2-22-26-17-28(27-22)24-23(29)20-15-9-10-16-21(20)25(24,18-11-5-3-6-12-18)19-13-7-4-8-14-19;/h3-17,29H,2H2,1H3;/q;+1/p-1. The number of rotatable bonds is 5. The third-order valence-electron chi connectivity index (χ3n) is 5.76. The van der Waals surface area contributed by atoms with E-state index in [0.29, 0.717) is 0 Å². The van der Waals surface area contributed by atoms with E-state index in [1.54, 1.807) is 6.33 Å². The average molecular weight is 405 g/mol. The fraction of sp³-hybridized carbons (Fsp3) is 0.120. The van der Waals surface area contributed by atoms with Gasteiger partial charge in [-0.1, -0.05) is 91.9 Å². The van der Waals surface area contributed by atoms with E-state index < -0.39 is 5.41 Å². The lowest BCUT2D eigenvalue weighted by atomic mass is 9.69. The second-order valence-corrected chi connectivity index (χ2v) is 7.52. The van der Waals surface area contributed by atoms with Gasteiger partial charge in [-0.25, -0.2) is 9.67 Å². The Labute approximate surface area is 184 Å². The first-order valence-corrected chi connectivity index (χ1v) is 10.5. The van der Waals surface area contributed by atoms with Crippen LogP contribution in [-0.4, -0.2) is 31.4 Å². The van der Waals surface area contributed by atoms with E-state index in [1.165, 1.54) is 5.56 Å². The summed E-state index contributed by atoms with van der Waals surface area (Å²) in [4.78, 5) is 4.52. The van der Waals surface area contributed by atoms with E-state index in [2.05, 4.69) is 95.3 Å². The van der Waals surface area contributed by atoms with Crippen LogP contribution in [-0.2, 0) is 15.6 Å². The molecular formula is C25H20AlN3O. The number of fused-ring (bicyclic) bond motifs is 1. The molecule has 1 aromatic heterocycles. The van der Waals surface area contributed by atoms with Crippen LogP contribution in [0.4, 0.5) is 0 Å². The van der Waals surface area contributed by atoms with Gasteiger partial charge >= 0.3 is 16.6 Å². The number of allylic oxidation sites excluding steroid dienone is 1. The predicted molar refractivity (Wildman–Crippen MR) is 119 cm³/mol. The highest BCUT2D eigenvalue weighted by molar-refractivity contribution is 6.07. The van der Waals surface area contributed by atoms with E-state index in [-0.39, 0.29) is 0 Å². The second-order valence-electron chi connectivity index (χ2n) is 7.28. The van der Waals surface area contributed by atoms with Crippen molar-refractivity contribution in [2.45, 2.75) is 18.8 Å². The zero-order valence-electron chi connectivity index (χ0n) is 16.7. The van der Waals surface area contributed by atoms with Crippen molar-refractivity contribution in [1.82, 2.24) is 14.8 Å². The summed E-state index contributed by atoms with van der Waals surface area (Å²) >= 11 is 2.42. The molecule has 0 amide bonds. The Bertz CT molecular complexity index is 1180. The normalized spacial score (nSPS) is 14.6. The van der Waals surface area contributed by atoms with E-state index >= 15 is 0 Å². The van der Waals surface area contributed by atoms with Gasteiger partial charge in [-0.15, -0.1) is 0 Å². The van der Waals surface area contributed by atoms with Crippen LogP contribution in [0.5, 0.6) is 0 Å². The average Bonchev–Trinajstić information content (AvgIpc) is 3.41. The third-order valence-corrected chi connectivity index (χ3v) is 6.00. The molecule has 144 valence electrons. The van der Waals surface area contributed by atoms with Crippen LogP contribution in [0.15, 0.2) is 91.3 Å². The summed E-state index contributed by atoms with van der Waals surface area (Å²) in [6.07, 6.45) is 2.57. The second kappa shape index (κ2) is 7.61. The minimum atomic E-state index is -0.580. The highest BCUT2D eigenvalue weighted by atomic mass is 27.1. The van der Waals surface area contributed by atoms with Gasteiger partial charge in [0.15, 0.2) is 5.82 Å². The highest BCUT2D eigenvalue weighted by Gasteiger charge is 2.49. The molecule has 1 aliphatic rings. The van der Waals surface area contributed by atoms with Crippen LogP contribution in [0.3, 0.4) is 0 Å². The summed E-state index contributed by atoms with van der Waals surface area (Å²) < 4.78 is 7.84. The van der Waals surface area contributed by atoms with Crippen molar-refractivity contribution in [2.24, 2.45) is 0 Å². The maximum atomic E-state index is 5.95. The van der Waals surface area contributed by atoms with Crippen molar-refractivity contribution in [2.75, 3.05) is 0 Å². The number of aromatic nitrogens is 3. The number of aryl methyl sites for hydroxylation is 1. The van der Waals surface area contributed by atoms with Gasteiger partial charge in [-0.3, -0.25) is 0 Å². The fourth-order valence-electron chi connectivity index (χ4n) is 4.52. The summed E-state index contributed by atoms with van der Waals surface area (Å²) in [5.74, 6) is 1.59. The molecule has 0 unspecified atom stereocenters. The molecule has 30 heavy (non-hydrogen) atoms. The topological polar surface area (TPSA) is 39.9 Å². The van der Waals surface area contributed by atoms with Gasteiger partial charge < -0.3 is 3.79 Å². The SMILES string of the molecule is CCc1ncn(C2=C([O][Al])c3ccccc3C2(c2ccccc2)c2ccccc2)n1. The molecule has 0 saturated carbocycles. The zero-order chi connectivity index (χ0) is 20.6. The smallest absolute Gasteiger partial charge is 0.482 e. The molecule has 5 heteroatoms. The molecule has 0 saturated heterocycles. The Hall–Kier alpha value is -3.13. The van der Waals surface area contributed by atoms with Crippen molar-refractivity contribution >= 4 is 28.1 Å².